The van der Waals surface area contributed by atoms with E-state index in [1.165, 1.54) is 7.11 Å². The summed E-state index contributed by atoms with van der Waals surface area (Å²) in [5.74, 6) is -0.605. The minimum absolute atomic E-state index is 0.0828. The monoisotopic (exact) mass is 339 g/mol. The van der Waals surface area contributed by atoms with Gasteiger partial charge in [0.2, 0.25) is 0 Å². The molecule has 2 rings (SSSR count). The number of hydrogen-bond donors (Lipinski definition) is 2. The molecule has 0 saturated heterocycles. The van der Waals surface area contributed by atoms with Gasteiger partial charge in [-0.1, -0.05) is 39.2 Å². The lowest BCUT2D eigenvalue weighted by Crippen LogP contribution is -2.58. The number of nitrogens with zero attached hydrogens (tertiary/aromatic N) is 1. The lowest BCUT2D eigenvalue weighted by molar-refractivity contribution is -0.168. The standard InChI is InChI=1S/C17H25NO6/c1-4-5-6-7-8-9-12-17(22,10-19)15(20)13-14(24-12)11(2)18(23-3)16(13)21/h10,12,15,20,22H,2,4-9H2,1,3H3. The summed E-state index contributed by atoms with van der Waals surface area (Å²) < 4.78 is 5.70. The summed E-state index contributed by atoms with van der Waals surface area (Å²) in [5, 5.41) is 21.9. The molecule has 2 N–H and O–H groups in total. The zero-order chi connectivity index (χ0) is 17.9. The van der Waals surface area contributed by atoms with Crippen LogP contribution >= 0.6 is 0 Å². The Morgan fingerprint density at radius 1 is 1.38 bits per heavy atom. The molecule has 2 aliphatic heterocycles. The first-order valence-corrected chi connectivity index (χ1v) is 8.27. The Morgan fingerprint density at radius 2 is 2.04 bits per heavy atom. The molecule has 0 fully saturated rings. The molecule has 0 bridgehead atoms. The lowest BCUT2D eigenvalue weighted by atomic mass is 9.82. The second-order valence-corrected chi connectivity index (χ2v) is 6.19. The molecule has 0 radical (unpaired) electrons. The zero-order valence-corrected chi connectivity index (χ0v) is 14.2. The van der Waals surface area contributed by atoms with Crippen molar-refractivity contribution in [3.05, 3.63) is 23.6 Å². The van der Waals surface area contributed by atoms with E-state index in [-0.39, 0.29) is 23.3 Å². The van der Waals surface area contributed by atoms with Gasteiger partial charge in [0.25, 0.3) is 5.91 Å². The zero-order valence-electron chi connectivity index (χ0n) is 14.2. The molecule has 0 aromatic carbocycles. The van der Waals surface area contributed by atoms with Crippen molar-refractivity contribution >= 4 is 12.2 Å². The van der Waals surface area contributed by atoms with Gasteiger partial charge in [0.1, 0.15) is 17.9 Å². The largest absolute Gasteiger partial charge is 0.484 e. The maximum atomic E-state index is 12.2. The maximum Gasteiger partial charge on any atom is 0.284 e. The topological polar surface area (TPSA) is 96.3 Å². The Labute approximate surface area is 141 Å². The number of hydroxylamine groups is 2. The van der Waals surface area contributed by atoms with Crippen molar-refractivity contribution in [2.75, 3.05) is 7.11 Å². The molecule has 0 aromatic heterocycles. The summed E-state index contributed by atoms with van der Waals surface area (Å²) in [6, 6.07) is 0. The Morgan fingerprint density at radius 3 is 2.62 bits per heavy atom. The molecule has 24 heavy (non-hydrogen) atoms. The molecule has 2 aliphatic rings. The Balaban J connectivity index is 2.19. The molecule has 7 nitrogen and oxygen atoms in total. The fourth-order valence-electron chi connectivity index (χ4n) is 3.15. The molecule has 0 saturated carbocycles. The van der Waals surface area contributed by atoms with E-state index in [1.807, 2.05) is 0 Å². The van der Waals surface area contributed by atoms with E-state index in [9.17, 15) is 19.8 Å². The van der Waals surface area contributed by atoms with Gasteiger partial charge < -0.3 is 14.9 Å². The summed E-state index contributed by atoms with van der Waals surface area (Å²) in [6.07, 6.45) is 3.00. The predicted molar refractivity (Wildman–Crippen MR) is 85.3 cm³/mol. The quantitative estimate of drug-likeness (QED) is 0.510. The van der Waals surface area contributed by atoms with Crippen LogP contribution in [0.3, 0.4) is 0 Å². The fourth-order valence-corrected chi connectivity index (χ4v) is 3.15. The van der Waals surface area contributed by atoms with Gasteiger partial charge in [-0.25, -0.2) is 0 Å². The first kappa shape index (κ1) is 18.6. The van der Waals surface area contributed by atoms with Gasteiger partial charge in [0.15, 0.2) is 17.6 Å². The number of carbonyl (C=O) groups excluding carboxylic acids is 2. The maximum absolute atomic E-state index is 12.2. The van der Waals surface area contributed by atoms with Crippen LogP contribution in [0, 0.1) is 0 Å². The second kappa shape index (κ2) is 7.46. The molecule has 134 valence electrons. The fraction of sp³-hybridized carbons (Fsp3) is 0.647. The summed E-state index contributed by atoms with van der Waals surface area (Å²) in [4.78, 5) is 28.6. The number of aldehydes is 1. The van der Waals surface area contributed by atoms with Crippen molar-refractivity contribution < 1.29 is 29.4 Å². The SMILES string of the molecule is C=C1C2=C(C(=O)N1OC)C(O)C(O)(C=O)C(CCCCCCC)O2. The highest BCUT2D eigenvalue weighted by molar-refractivity contribution is 6.01. The van der Waals surface area contributed by atoms with E-state index in [1.54, 1.807) is 0 Å². The van der Waals surface area contributed by atoms with E-state index < -0.39 is 23.7 Å². The van der Waals surface area contributed by atoms with Gasteiger partial charge in [0, 0.05) is 0 Å². The molecule has 1 amide bonds. The summed E-state index contributed by atoms with van der Waals surface area (Å²) >= 11 is 0. The van der Waals surface area contributed by atoms with Gasteiger partial charge in [-0.3, -0.25) is 14.4 Å². The molecular formula is C17H25NO6. The van der Waals surface area contributed by atoms with Crippen LogP contribution in [-0.4, -0.2) is 52.4 Å². The van der Waals surface area contributed by atoms with E-state index in [0.29, 0.717) is 6.42 Å². The highest BCUT2D eigenvalue weighted by atomic mass is 16.7. The van der Waals surface area contributed by atoms with Gasteiger partial charge in [-0.2, -0.15) is 5.06 Å². The number of hydrogen-bond acceptors (Lipinski definition) is 6. The molecular weight excluding hydrogens is 314 g/mol. The lowest BCUT2D eigenvalue weighted by Gasteiger charge is -2.39. The molecule has 0 aromatic rings. The van der Waals surface area contributed by atoms with E-state index in [0.717, 1.165) is 37.2 Å². The van der Waals surface area contributed by atoms with Crippen LogP contribution in [0.15, 0.2) is 23.6 Å². The van der Waals surface area contributed by atoms with Crippen LogP contribution in [0.5, 0.6) is 0 Å². The number of ether oxygens (including phenoxy) is 1. The van der Waals surface area contributed by atoms with Crippen LogP contribution in [0.25, 0.3) is 0 Å². The average molecular weight is 339 g/mol. The Bertz CT molecular complexity index is 557. The summed E-state index contributed by atoms with van der Waals surface area (Å²) in [5.41, 5.74) is -2.21. The van der Waals surface area contributed by atoms with E-state index in [4.69, 9.17) is 9.57 Å². The number of unbranched alkanes of at least 4 members (excludes halogenated alkanes) is 4. The molecule has 0 spiro atoms. The Kier molecular flexibility index (Phi) is 5.79. The van der Waals surface area contributed by atoms with Crippen molar-refractivity contribution in [1.82, 2.24) is 5.06 Å². The highest BCUT2D eigenvalue weighted by Gasteiger charge is 2.56. The third-order valence-corrected chi connectivity index (χ3v) is 4.60. The number of rotatable bonds is 8. The average Bonchev–Trinajstić information content (AvgIpc) is 2.81. The third-order valence-electron chi connectivity index (χ3n) is 4.60. The van der Waals surface area contributed by atoms with Crippen molar-refractivity contribution in [3.8, 4) is 0 Å². The van der Waals surface area contributed by atoms with Crippen LogP contribution in [0.1, 0.15) is 45.4 Å². The van der Waals surface area contributed by atoms with Crippen molar-refractivity contribution in [2.45, 2.75) is 63.3 Å². The van der Waals surface area contributed by atoms with Crippen LogP contribution in [-0.2, 0) is 19.2 Å². The van der Waals surface area contributed by atoms with E-state index in [2.05, 4.69) is 13.5 Å². The second-order valence-electron chi connectivity index (χ2n) is 6.19. The molecule has 3 unspecified atom stereocenters. The molecule has 2 heterocycles. The van der Waals surface area contributed by atoms with Crippen molar-refractivity contribution in [1.29, 1.82) is 0 Å². The van der Waals surface area contributed by atoms with Crippen molar-refractivity contribution in [2.24, 2.45) is 0 Å². The molecule has 7 heteroatoms. The third kappa shape index (κ3) is 2.99. The minimum Gasteiger partial charge on any atom is -0.484 e. The smallest absolute Gasteiger partial charge is 0.284 e. The minimum atomic E-state index is -2.16. The summed E-state index contributed by atoms with van der Waals surface area (Å²) in [7, 11) is 1.28. The molecule has 0 aliphatic carbocycles. The number of carbonyl (C=O) groups is 2. The van der Waals surface area contributed by atoms with Crippen LogP contribution in [0.2, 0.25) is 0 Å². The first-order valence-electron chi connectivity index (χ1n) is 8.27. The van der Waals surface area contributed by atoms with Gasteiger partial charge in [-0.15, -0.1) is 0 Å². The van der Waals surface area contributed by atoms with Crippen LogP contribution in [0.4, 0.5) is 0 Å². The highest BCUT2D eigenvalue weighted by Crippen LogP contribution is 2.42. The number of amides is 1. The normalized spacial score (nSPS) is 29.8. The Hall–Kier alpha value is -1.70. The predicted octanol–water partition coefficient (Wildman–Crippen LogP) is 1.21. The van der Waals surface area contributed by atoms with Gasteiger partial charge >= 0.3 is 0 Å². The number of aliphatic hydroxyl groups excluding tert-OH is 1. The van der Waals surface area contributed by atoms with E-state index >= 15 is 0 Å². The summed E-state index contributed by atoms with van der Waals surface area (Å²) in [6.45, 7) is 5.84. The first-order chi connectivity index (χ1) is 11.4. The van der Waals surface area contributed by atoms with Crippen LogP contribution < -0.4 is 0 Å². The number of aliphatic hydroxyl groups is 2. The van der Waals surface area contributed by atoms with Gasteiger partial charge in [-0.05, 0) is 12.8 Å². The van der Waals surface area contributed by atoms with Crippen molar-refractivity contribution in [3.63, 3.8) is 0 Å². The molecule has 3 atom stereocenters. The van der Waals surface area contributed by atoms with Gasteiger partial charge in [0.05, 0.1) is 12.7 Å².